The topological polar surface area (TPSA) is 108 Å². The Morgan fingerprint density at radius 1 is 1.55 bits per heavy atom. The van der Waals surface area contributed by atoms with Crippen LogP contribution < -0.4 is 11.1 Å². The molecule has 0 saturated heterocycles. The van der Waals surface area contributed by atoms with Crippen molar-refractivity contribution in [2.24, 2.45) is 0 Å². The molecule has 1 unspecified atom stereocenters. The molecule has 2 heterocycles. The van der Waals surface area contributed by atoms with Gasteiger partial charge in [0.2, 0.25) is 3.79 Å². The lowest BCUT2D eigenvalue weighted by Crippen LogP contribution is -2.40. The molecule has 0 aliphatic rings. The van der Waals surface area contributed by atoms with Crippen LogP contribution in [-0.2, 0) is 4.74 Å². The Balaban J connectivity index is 2.50. The number of amides is 1. The fourth-order valence-corrected chi connectivity index (χ4v) is 2.17. The van der Waals surface area contributed by atoms with Crippen LogP contribution in [0.4, 0.5) is 15.0 Å². The quantitative estimate of drug-likeness (QED) is 0.632. The Morgan fingerprint density at radius 2 is 2.23 bits per heavy atom. The van der Waals surface area contributed by atoms with Crippen molar-refractivity contribution in [1.82, 2.24) is 24.8 Å². The van der Waals surface area contributed by atoms with Crippen LogP contribution in [-0.4, -0.2) is 36.0 Å². The lowest BCUT2D eigenvalue weighted by atomic mass is 10.4. The molecule has 3 N–H and O–H groups in total. The molecule has 12 heteroatoms. The van der Waals surface area contributed by atoms with Gasteiger partial charge in [0.25, 0.3) is 0 Å². The first kappa shape index (κ1) is 16.8. The van der Waals surface area contributed by atoms with E-state index in [0.717, 1.165) is 4.57 Å². The lowest BCUT2D eigenvalue weighted by Gasteiger charge is -2.26. The maximum atomic E-state index is 13.3. The molecule has 2 rings (SSSR count). The molecular weight excluding hydrogens is 362 g/mol. The van der Waals surface area contributed by atoms with E-state index in [4.69, 9.17) is 45.3 Å². The number of anilines is 1. The zero-order valence-corrected chi connectivity index (χ0v) is 13.3. The summed E-state index contributed by atoms with van der Waals surface area (Å²) in [6, 6.07) is 0. The van der Waals surface area contributed by atoms with Crippen LogP contribution in [0.15, 0.2) is 6.33 Å². The van der Waals surface area contributed by atoms with Crippen LogP contribution in [0, 0.1) is 6.08 Å². The number of nitrogens with one attached hydrogen (secondary N) is 1. The van der Waals surface area contributed by atoms with Crippen molar-refractivity contribution in [3.63, 3.8) is 0 Å². The number of carbonyl (C=O) groups is 1. The highest BCUT2D eigenvalue weighted by Gasteiger charge is 2.37. The second-order valence-electron chi connectivity index (χ2n) is 4.01. The Kier molecular flexibility index (Phi) is 4.78. The van der Waals surface area contributed by atoms with E-state index in [1.807, 2.05) is 0 Å². The summed E-state index contributed by atoms with van der Waals surface area (Å²) in [6.45, 7) is 1.73. The van der Waals surface area contributed by atoms with Gasteiger partial charge >= 0.3 is 12.2 Å². The summed E-state index contributed by atoms with van der Waals surface area (Å²) < 4.78 is 17.2. The molecule has 0 radical (unpaired) electrons. The Bertz CT molecular complexity index is 704. The molecule has 120 valence electrons. The van der Waals surface area contributed by atoms with Crippen LogP contribution in [0.3, 0.4) is 0 Å². The largest absolute Gasteiger partial charge is 0.450 e. The minimum Gasteiger partial charge on any atom is -0.450 e. The maximum Gasteiger partial charge on any atom is 0.408 e. The SMILES string of the molecule is CCOC(=O)NC(n1cnc2c(N)nc(F)nc21)C(Cl)(Cl)Cl. The second kappa shape index (κ2) is 6.27. The van der Waals surface area contributed by atoms with E-state index in [1.54, 1.807) is 6.92 Å². The molecule has 0 saturated carbocycles. The van der Waals surface area contributed by atoms with Crippen molar-refractivity contribution in [2.75, 3.05) is 12.3 Å². The van der Waals surface area contributed by atoms with E-state index < -0.39 is 22.1 Å². The molecule has 2 aromatic rings. The first-order valence-electron chi connectivity index (χ1n) is 5.89. The molecule has 0 spiro atoms. The van der Waals surface area contributed by atoms with Crippen LogP contribution in [0.2, 0.25) is 0 Å². The van der Waals surface area contributed by atoms with E-state index >= 15 is 0 Å². The normalized spacial score (nSPS) is 13.1. The number of rotatable bonds is 3. The van der Waals surface area contributed by atoms with Gasteiger partial charge in [-0.2, -0.15) is 14.4 Å². The maximum absolute atomic E-state index is 13.3. The number of nitrogens with two attached hydrogens (primary N) is 1. The molecule has 0 bridgehead atoms. The van der Waals surface area contributed by atoms with Gasteiger partial charge in [-0.05, 0) is 6.92 Å². The smallest absolute Gasteiger partial charge is 0.408 e. The van der Waals surface area contributed by atoms with Gasteiger partial charge in [0.15, 0.2) is 23.1 Å². The first-order valence-corrected chi connectivity index (χ1v) is 7.03. The average Bonchev–Trinajstić information content (AvgIpc) is 2.78. The highest BCUT2D eigenvalue weighted by molar-refractivity contribution is 6.68. The van der Waals surface area contributed by atoms with E-state index in [-0.39, 0.29) is 23.6 Å². The van der Waals surface area contributed by atoms with Crippen molar-refractivity contribution in [2.45, 2.75) is 16.9 Å². The summed E-state index contributed by atoms with van der Waals surface area (Å²) in [6.07, 6.45) is -1.97. The van der Waals surface area contributed by atoms with E-state index in [0.29, 0.717) is 0 Å². The van der Waals surface area contributed by atoms with Gasteiger partial charge in [-0.1, -0.05) is 34.8 Å². The zero-order chi connectivity index (χ0) is 16.5. The van der Waals surface area contributed by atoms with E-state index in [1.165, 1.54) is 6.33 Å². The molecule has 0 aromatic carbocycles. The summed E-state index contributed by atoms with van der Waals surface area (Å²) in [5.74, 6) is -0.180. The molecule has 22 heavy (non-hydrogen) atoms. The number of imidazole rings is 1. The van der Waals surface area contributed by atoms with Gasteiger partial charge in [0.05, 0.1) is 12.9 Å². The van der Waals surface area contributed by atoms with Crippen LogP contribution in [0.5, 0.6) is 0 Å². The summed E-state index contributed by atoms with van der Waals surface area (Å²) >= 11 is 17.6. The molecule has 1 amide bonds. The van der Waals surface area contributed by atoms with Crippen LogP contribution >= 0.6 is 34.8 Å². The molecule has 2 aromatic heterocycles. The Hall–Kier alpha value is -1.58. The molecular formula is C10H10Cl3FN6O2. The summed E-state index contributed by atoms with van der Waals surface area (Å²) in [4.78, 5) is 22.4. The van der Waals surface area contributed by atoms with Crippen molar-refractivity contribution < 1.29 is 13.9 Å². The first-order chi connectivity index (χ1) is 10.2. The third-order valence-electron chi connectivity index (χ3n) is 2.54. The third-order valence-corrected chi connectivity index (χ3v) is 3.16. The second-order valence-corrected chi connectivity index (χ2v) is 6.38. The fraction of sp³-hybridized carbons (Fsp3) is 0.400. The standard InChI is InChI=1S/C10H10Cl3FN6O2/c1-2-22-9(21)19-7(10(11,12)13)20-3-16-4-5(15)17-8(14)18-6(4)20/h3,7H,2H2,1H3,(H,19,21)(H2,15,17,18). The minimum absolute atomic E-state index is 0.0434. The number of halogens is 4. The van der Waals surface area contributed by atoms with Crippen molar-refractivity contribution in [1.29, 1.82) is 0 Å². The van der Waals surface area contributed by atoms with Crippen LogP contribution in [0.1, 0.15) is 13.1 Å². The predicted octanol–water partition coefficient (Wildman–Crippen LogP) is 2.16. The summed E-state index contributed by atoms with van der Waals surface area (Å²) in [5, 5.41) is 2.33. The molecule has 8 nitrogen and oxygen atoms in total. The van der Waals surface area contributed by atoms with Crippen molar-refractivity contribution in [3.05, 3.63) is 12.4 Å². The molecule has 0 aliphatic heterocycles. The number of hydrogen-bond donors (Lipinski definition) is 2. The zero-order valence-electron chi connectivity index (χ0n) is 11.1. The van der Waals surface area contributed by atoms with Gasteiger partial charge < -0.3 is 10.5 Å². The third kappa shape index (κ3) is 3.42. The number of ether oxygens (including phenoxy) is 1. The van der Waals surface area contributed by atoms with Gasteiger partial charge in [-0.3, -0.25) is 9.88 Å². The number of carbonyl (C=O) groups excluding carboxylic acids is 1. The summed E-state index contributed by atoms with van der Waals surface area (Å²) in [5.41, 5.74) is 5.61. The predicted molar refractivity (Wildman–Crippen MR) is 79.2 cm³/mol. The lowest BCUT2D eigenvalue weighted by molar-refractivity contribution is 0.144. The van der Waals surface area contributed by atoms with Crippen LogP contribution in [0.25, 0.3) is 11.2 Å². The van der Waals surface area contributed by atoms with E-state index in [9.17, 15) is 9.18 Å². The minimum atomic E-state index is -1.99. The molecule has 0 aliphatic carbocycles. The number of nitrogens with zero attached hydrogens (tertiary/aromatic N) is 4. The van der Waals surface area contributed by atoms with Gasteiger partial charge in [0, 0.05) is 0 Å². The van der Waals surface area contributed by atoms with Crippen molar-refractivity contribution >= 4 is 57.9 Å². The summed E-state index contributed by atoms with van der Waals surface area (Å²) in [7, 11) is 0. The molecule has 1 atom stereocenters. The van der Waals surface area contributed by atoms with Gasteiger partial charge in [-0.15, -0.1) is 0 Å². The highest BCUT2D eigenvalue weighted by atomic mass is 35.6. The number of alkyl carbamates (subject to hydrolysis) is 1. The molecule has 0 fully saturated rings. The van der Waals surface area contributed by atoms with Gasteiger partial charge in [0.1, 0.15) is 0 Å². The number of fused-ring (bicyclic) bond motifs is 1. The average molecular weight is 372 g/mol. The fourth-order valence-electron chi connectivity index (χ4n) is 1.69. The number of hydrogen-bond acceptors (Lipinski definition) is 6. The van der Waals surface area contributed by atoms with E-state index in [2.05, 4.69) is 20.3 Å². The van der Waals surface area contributed by atoms with Gasteiger partial charge in [-0.25, -0.2) is 9.78 Å². The Morgan fingerprint density at radius 3 is 2.82 bits per heavy atom. The number of alkyl halides is 3. The van der Waals surface area contributed by atoms with Crippen molar-refractivity contribution in [3.8, 4) is 0 Å². The monoisotopic (exact) mass is 370 g/mol. The highest BCUT2D eigenvalue weighted by Crippen LogP contribution is 2.38. The number of aromatic nitrogens is 4. The number of nitrogen functional groups attached to an aromatic ring is 1. The Labute approximate surface area is 138 Å².